The Kier molecular flexibility index (Phi) is 9.82. The van der Waals surface area contributed by atoms with Gasteiger partial charge in [-0.2, -0.15) is 13.2 Å². The molecule has 1 aliphatic rings. The molecule has 45 heavy (non-hydrogen) atoms. The van der Waals surface area contributed by atoms with Gasteiger partial charge in [-0.05, 0) is 42.3 Å². The molecule has 0 radical (unpaired) electrons. The second-order valence-electron chi connectivity index (χ2n) is 10.8. The minimum absolute atomic E-state index is 0.0580. The molecule has 236 valence electrons. The molecule has 0 unspecified atom stereocenters. The van der Waals surface area contributed by atoms with Gasteiger partial charge in [0.1, 0.15) is 6.33 Å². The third-order valence-corrected chi connectivity index (χ3v) is 7.70. The fraction of sp³-hybridized carbons (Fsp3) is 0.333. The molecule has 0 bridgehead atoms. The molecule has 0 atom stereocenters. The Morgan fingerprint density at radius 2 is 1.64 bits per heavy atom. The van der Waals surface area contributed by atoms with Gasteiger partial charge < -0.3 is 19.7 Å². The van der Waals surface area contributed by atoms with E-state index in [1.807, 2.05) is 29.2 Å². The van der Waals surface area contributed by atoms with E-state index < -0.39 is 11.7 Å². The zero-order chi connectivity index (χ0) is 32.0. The van der Waals surface area contributed by atoms with Gasteiger partial charge in [0.15, 0.2) is 11.5 Å². The van der Waals surface area contributed by atoms with Crippen molar-refractivity contribution in [1.82, 2.24) is 19.8 Å². The quantitative estimate of drug-likeness (QED) is 0.236. The third kappa shape index (κ3) is 8.07. The van der Waals surface area contributed by atoms with Crippen molar-refractivity contribution in [2.45, 2.75) is 25.9 Å². The van der Waals surface area contributed by atoms with Crippen molar-refractivity contribution in [3.8, 4) is 22.8 Å². The zero-order valence-electron chi connectivity index (χ0n) is 25.1. The number of benzene rings is 3. The standard InChI is InChI=1S/C33H34F3N5O4/c1-22(42)41-15-13-40(14-16-41)12-3-17-45-30-19-27-28(20-29(30)44-2)37-21-38-32(27)24-6-10-26(11-7-24)39-31(43)18-23-4-8-25(9-5-23)33(34,35)36/h4-11,19-21H,3,12-18H2,1-2H3,(H,39,43). The maximum absolute atomic E-state index is 12.8. The van der Waals surface area contributed by atoms with Crippen molar-refractivity contribution in [1.29, 1.82) is 0 Å². The predicted molar refractivity (Wildman–Crippen MR) is 164 cm³/mol. The highest BCUT2D eigenvalue weighted by atomic mass is 19.4. The molecule has 1 aliphatic heterocycles. The first-order valence-electron chi connectivity index (χ1n) is 14.6. The number of fused-ring (bicyclic) bond motifs is 1. The summed E-state index contributed by atoms with van der Waals surface area (Å²) < 4.78 is 50.1. The summed E-state index contributed by atoms with van der Waals surface area (Å²) in [6.45, 7) is 6.13. The number of rotatable bonds is 10. The van der Waals surface area contributed by atoms with Crippen LogP contribution in [0.5, 0.6) is 11.5 Å². The number of carbonyl (C=O) groups excluding carboxylic acids is 2. The Morgan fingerprint density at radius 3 is 2.29 bits per heavy atom. The number of anilines is 1. The topological polar surface area (TPSA) is 96.9 Å². The molecule has 1 saturated heterocycles. The highest BCUT2D eigenvalue weighted by Crippen LogP contribution is 2.36. The van der Waals surface area contributed by atoms with Gasteiger partial charge in [0.05, 0.1) is 36.9 Å². The second-order valence-corrected chi connectivity index (χ2v) is 10.8. The summed E-state index contributed by atoms with van der Waals surface area (Å²) in [5, 5.41) is 3.55. The lowest BCUT2D eigenvalue weighted by atomic mass is 10.1. The van der Waals surface area contributed by atoms with Crippen molar-refractivity contribution in [2.24, 2.45) is 0 Å². The highest BCUT2D eigenvalue weighted by molar-refractivity contribution is 5.95. The van der Waals surface area contributed by atoms with E-state index in [1.54, 1.807) is 26.2 Å². The zero-order valence-corrected chi connectivity index (χ0v) is 25.1. The number of nitrogens with one attached hydrogen (secondary N) is 1. The Balaban J connectivity index is 1.22. The summed E-state index contributed by atoms with van der Waals surface area (Å²) in [6.07, 6.45) is -2.19. The van der Waals surface area contributed by atoms with Gasteiger partial charge in [-0.3, -0.25) is 14.5 Å². The SMILES string of the molecule is COc1cc2ncnc(-c3ccc(NC(=O)Cc4ccc(C(F)(F)F)cc4)cc3)c2cc1OCCCN1CCN(C(C)=O)CC1. The van der Waals surface area contributed by atoms with E-state index in [9.17, 15) is 22.8 Å². The molecule has 3 aromatic carbocycles. The summed E-state index contributed by atoms with van der Waals surface area (Å²) in [5.41, 5.74) is 2.42. The smallest absolute Gasteiger partial charge is 0.416 e. The third-order valence-electron chi connectivity index (χ3n) is 7.70. The molecule has 4 aromatic rings. The lowest BCUT2D eigenvalue weighted by Gasteiger charge is -2.34. The first kappa shape index (κ1) is 31.7. The lowest BCUT2D eigenvalue weighted by molar-refractivity contribution is -0.137. The molecule has 1 aromatic heterocycles. The minimum Gasteiger partial charge on any atom is -0.493 e. The van der Waals surface area contributed by atoms with Gasteiger partial charge in [0.2, 0.25) is 11.8 Å². The summed E-state index contributed by atoms with van der Waals surface area (Å²) in [7, 11) is 1.58. The number of hydrogen-bond acceptors (Lipinski definition) is 7. The summed E-state index contributed by atoms with van der Waals surface area (Å²) >= 11 is 0. The summed E-state index contributed by atoms with van der Waals surface area (Å²) in [5.74, 6) is 0.910. The van der Waals surface area contributed by atoms with Crippen LogP contribution in [0, 0.1) is 0 Å². The van der Waals surface area contributed by atoms with Gasteiger partial charge in [0, 0.05) is 62.4 Å². The molecule has 1 fully saturated rings. The van der Waals surface area contributed by atoms with Crippen LogP contribution >= 0.6 is 0 Å². The fourth-order valence-electron chi connectivity index (χ4n) is 5.24. The fourth-order valence-corrected chi connectivity index (χ4v) is 5.24. The van der Waals surface area contributed by atoms with Crippen LogP contribution in [-0.2, 0) is 22.2 Å². The predicted octanol–water partition coefficient (Wildman–Crippen LogP) is 5.44. The molecule has 5 rings (SSSR count). The number of alkyl halides is 3. The molecule has 1 N–H and O–H groups in total. The minimum atomic E-state index is -4.42. The van der Waals surface area contributed by atoms with Crippen molar-refractivity contribution >= 4 is 28.4 Å². The molecular weight excluding hydrogens is 587 g/mol. The van der Waals surface area contributed by atoms with Crippen molar-refractivity contribution in [2.75, 3.05) is 51.8 Å². The number of piperazine rings is 1. The van der Waals surface area contributed by atoms with Crippen LogP contribution in [0.15, 0.2) is 67.0 Å². The van der Waals surface area contributed by atoms with Crippen LogP contribution in [0.25, 0.3) is 22.2 Å². The average molecular weight is 622 g/mol. The summed E-state index contributed by atoms with van der Waals surface area (Å²) in [4.78, 5) is 37.2. The van der Waals surface area contributed by atoms with Crippen molar-refractivity contribution < 1.29 is 32.2 Å². The van der Waals surface area contributed by atoms with Crippen LogP contribution in [0.2, 0.25) is 0 Å². The Morgan fingerprint density at radius 1 is 0.933 bits per heavy atom. The van der Waals surface area contributed by atoms with E-state index in [0.717, 1.165) is 62.2 Å². The van der Waals surface area contributed by atoms with Gasteiger partial charge in [0.25, 0.3) is 0 Å². The average Bonchev–Trinajstić information content (AvgIpc) is 3.03. The molecule has 2 amide bonds. The number of carbonyl (C=O) groups is 2. The molecule has 2 heterocycles. The number of aromatic nitrogens is 2. The van der Waals surface area contributed by atoms with Gasteiger partial charge in [-0.15, -0.1) is 0 Å². The van der Waals surface area contributed by atoms with E-state index >= 15 is 0 Å². The van der Waals surface area contributed by atoms with Crippen LogP contribution in [0.3, 0.4) is 0 Å². The number of halogens is 3. The van der Waals surface area contributed by atoms with Crippen LogP contribution < -0.4 is 14.8 Å². The van der Waals surface area contributed by atoms with Crippen LogP contribution in [-0.4, -0.2) is 78.0 Å². The molecular formula is C33H34F3N5O4. The van der Waals surface area contributed by atoms with Gasteiger partial charge >= 0.3 is 6.18 Å². The van der Waals surface area contributed by atoms with E-state index in [4.69, 9.17) is 9.47 Å². The Hall–Kier alpha value is -4.71. The van der Waals surface area contributed by atoms with E-state index in [-0.39, 0.29) is 18.2 Å². The first-order valence-corrected chi connectivity index (χ1v) is 14.6. The van der Waals surface area contributed by atoms with Crippen molar-refractivity contribution in [3.63, 3.8) is 0 Å². The van der Waals surface area contributed by atoms with E-state index in [1.165, 1.54) is 18.5 Å². The molecule has 0 aliphatic carbocycles. The number of ether oxygens (including phenoxy) is 2. The lowest BCUT2D eigenvalue weighted by Crippen LogP contribution is -2.48. The number of amides is 2. The van der Waals surface area contributed by atoms with E-state index in [0.29, 0.717) is 40.6 Å². The van der Waals surface area contributed by atoms with E-state index in [2.05, 4.69) is 20.2 Å². The van der Waals surface area contributed by atoms with Gasteiger partial charge in [-0.1, -0.05) is 24.3 Å². The van der Waals surface area contributed by atoms with Crippen LogP contribution in [0.1, 0.15) is 24.5 Å². The Bertz CT molecular complexity index is 1640. The molecule has 0 spiro atoms. The number of methoxy groups -OCH3 is 1. The largest absolute Gasteiger partial charge is 0.493 e. The van der Waals surface area contributed by atoms with Gasteiger partial charge in [-0.25, -0.2) is 9.97 Å². The van der Waals surface area contributed by atoms with Crippen LogP contribution in [0.4, 0.5) is 18.9 Å². The monoisotopic (exact) mass is 621 g/mol. The summed E-state index contributed by atoms with van der Waals surface area (Å²) in [6, 6.07) is 15.4. The molecule has 12 heteroatoms. The highest BCUT2D eigenvalue weighted by Gasteiger charge is 2.30. The normalized spacial score (nSPS) is 13.9. The number of nitrogens with zero attached hydrogens (tertiary/aromatic N) is 4. The van der Waals surface area contributed by atoms with Crippen molar-refractivity contribution in [3.05, 3.63) is 78.1 Å². The maximum atomic E-state index is 12.8. The molecule has 9 nitrogen and oxygen atoms in total. The number of hydrogen-bond donors (Lipinski definition) is 1. The molecule has 0 saturated carbocycles. The maximum Gasteiger partial charge on any atom is 0.416 e. The Labute approximate surface area is 259 Å². The first-order chi connectivity index (χ1) is 21.6. The second kappa shape index (κ2) is 13.9.